The first-order valence-corrected chi connectivity index (χ1v) is 15.7. The molecule has 1 aromatic carbocycles. The van der Waals surface area contributed by atoms with Crippen LogP contribution in [0.5, 0.6) is 0 Å². The molecule has 0 saturated heterocycles. The molecule has 0 amide bonds. The van der Waals surface area contributed by atoms with Gasteiger partial charge >= 0.3 is 0 Å². The van der Waals surface area contributed by atoms with Gasteiger partial charge in [0.25, 0.3) is 0 Å². The average molecular weight is 488 g/mol. The third-order valence-electron chi connectivity index (χ3n) is 8.28. The minimum atomic E-state index is -2.08. The fourth-order valence-electron chi connectivity index (χ4n) is 5.23. The molecule has 1 aromatic rings. The summed E-state index contributed by atoms with van der Waals surface area (Å²) in [6.07, 6.45) is 8.22. The van der Waals surface area contributed by atoms with Gasteiger partial charge < -0.3 is 14.0 Å². The molecule has 34 heavy (non-hydrogen) atoms. The van der Waals surface area contributed by atoms with Crippen LogP contribution in [-0.4, -0.2) is 37.4 Å². The van der Waals surface area contributed by atoms with Gasteiger partial charge in [-0.3, -0.25) is 5.21 Å². The zero-order valence-electron chi connectivity index (χ0n) is 22.3. The lowest BCUT2D eigenvalue weighted by atomic mass is 9.66. The highest BCUT2D eigenvalue weighted by atomic mass is 28.4. The normalized spacial score (nSPS) is 28.7. The van der Waals surface area contributed by atoms with Crippen molar-refractivity contribution < 1.29 is 18.9 Å². The smallest absolute Gasteiger partial charge is 0.237 e. The monoisotopic (exact) mass is 487 g/mol. The Hall–Kier alpha value is -1.63. The van der Waals surface area contributed by atoms with Crippen molar-refractivity contribution in [2.45, 2.75) is 115 Å². The summed E-state index contributed by atoms with van der Waals surface area (Å²) in [5.74, 6) is -0.752. The largest absolute Gasteiger partial charge is 0.404 e. The van der Waals surface area contributed by atoms with E-state index in [2.05, 4.69) is 84.6 Å². The Balaban J connectivity index is 1.87. The maximum atomic E-state index is 12.7. The van der Waals surface area contributed by atoms with Gasteiger partial charge in [-0.05, 0) is 47.9 Å². The van der Waals surface area contributed by atoms with Crippen molar-refractivity contribution in [2.24, 2.45) is 5.92 Å². The van der Waals surface area contributed by atoms with Crippen molar-refractivity contribution in [3.05, 3.63) is 53.8 Å². The van der Waals surface area contributed by atoms with Gasteiger partial charge in [-0.15, -0.1) is 6.58 Å². The quantitative estimate of drug-likeness (QED) is 0.222. The molecule has 0 radical (unpaired) electrons. The molecule has 3 rings (SSSR count). The predicted octanol–water partition coefficient (Wildman–Crippen LogP) is 7.12. The van der Waals surface area contributed by atoms with Crippen molar-refractivity contribution in [2.75, 3.05) is 0 Å². The van der Waals surface area contributed by atoms with Gasteiger partial charge in [0.2, 0.25) is 6.21 Å². The molecule has 0 bridgehead atoms. The van der Waals surface area contributed by atoms with E-state index in [4.69, 9.17) is 14.0 Å². The van der Waals surface area contributed by atoms with Crippen LogP contribution in [0, 0.1) is 11.1 Å². The molecule has 2 aliphatic rings. The lowest BCUT2D eigenvalue weighted by molar-refractivity contribution is -0.788. The Kier molecular flexibility index (Phi) is 8.05. The van der Waals surface area contributed by atoms with E-state index in [-0.39, 0.29) is 22.7 Å². The first kappa shape index (κ1) is 27.0. The van der Waals surface area contributed by atoms with Crippen molar-refractivity contribution in [1.29, 1.82) is 0 Å². The van der Waals surface area contributed by atoms with Crippen LogP contribution < -0.4 is 0 Å². The van der Waals surface area contributed by atoms with Gasteiger partial charge in [0.05, 0.1) is 6.10 Å². The summed E-state index contributed by atoms with van der Waals surface area (Å²) in [5.41, 5.74) is 1.26. The molecule has 1 aliphatic carbocycles. The van der Waals surface area contributed by atoms with Gasteiger partial charge in [0, 0.05) is 17.7 Å². The Morgan fingerprint density at radius 3 is 2.41 bits per heavy atom. The number of rotatable bonds is 8. The van der Waals surface area contributed by atoms with Crippen LogP contribution in [0.3, 0.4) is 0 Å². The predicted molar refractivity (Wildman–Crippen MR) is 141 cm³/mol. The topological polar surface area (TPSA) is 53.8 Å². The van der Waals surface area contributed by atoms with Crippen LogP contribution in [0.15, 0.2) is 43.0 Å². The van der Waals surface area contributed by atoms with Crippen molar-refractivity contribution in [3.63, 3.8) is 0 Å². The van der Waals surface area contributed by atoms with Crippen LogP contribution in [0.4, 0.5) is 0 Å². The van der Waals surface area contributed by atoms with E-state index in [9.17, 15) is 5.21 Å². The molecule has 4 atom stereocenters. The second-order valence-corrected chi connectivity index (χ2v) is 16.9. The van der Waals surface area contributed by atoms with Gasteiger partial charge in [0.1, 0.15) is 6.10 Å². The number of hydrogen-bond donors (Lipinski definition) is 0. The van der Waals surface area contributed by atoms with E-state index in [1.54, 1.807) is 6.08 Å². The number of ether oxygens (including phenoxy) is 1. The van der Waals surface area contributed by atoms with E-state index < -0.39 is 14.1 Å². The Morgan fingerprint density at radius 2 is 1.79 bits per heavy atom. The fourth-order valence-corrected chi connectivity index (χ4v) is 6.49. The lowest BCUT2D eigenvalue weighted by Crippen LogP contribution is -2.54. The summed E-state index contributed by atoms with van der Waals surface area (Å²) < 4.78 is 13.5. The van der Waals surface area contributed by atoms with E-state index in [1.807, 2.05) is 0 Å². The SMILES string of the molecule is C=CC[C@@]1(O[C@H]2CCCC[C@@H]2C(C)(C)c2ccccc2)C[C@@H](O[Si](C)(C)C(C)(C)C)C=[N+]([O-])O1. The number of hydrogen-bond acceptors (Lipinski definition) is 4. The summed E-state index contributed by atoms with van der Waals surface area (Å²) in [6, 6.07) is 10.7. The third-order valence-corrected chi connectivity index (χ3v) is 12.8. The maximum absolute atomic E-state index is 12.7. The molecule has 5 nitrogen and oxygen atoms in total. The zero-order valence-corrected chi connectivity index (χ0v) is 23.3. The highest BCUT2D eigenvalue weighted by molar-refractivity contribution is 6.74. The van der Waals surface area contributed by atoms with Crippen molar-refractivity contribution in [3.8, 4) is 0 Å². The van der Waals surface area contributed by atoms with Crippen LogP contribution in [0.25, 0.3) is 0 Å². The molecule has 0 spiro atoms. The highest BCUT2D eigenvalue weighted by Crippen LogP contribution is 2.45. The van der Waals surface area contributed by atoms with Gasteiger partial charge in [-0.25, -0.2) is 0 Å². The second kappa shape index (κ2) is 10.2. The highest BCUT2D eigenvalue weighted by Gasteiger charge is 2.48. The summed E-state index contributed by atoms with van der Waals surface area (Å²) in [7, 11) is -2.08. The lowest BCUT2D eigenvalue weighted by Gasteiger charge is -2.48. The summed E-state index contributed by atoms with van der Waals surface area (Å²) in [5, 5.41) is 12.7. The molecular weight excluding hydrogens is 442 g/mol. The van der Waals surface area contributed by atoms with Crippen LogP contribution in [0.1, 0.15) is 78.7 Å². The Morgan fingerprint density at radius 1 is 1.15 bits per heavy atom. The molecule has 1 aliphatic heterocycles. The van der Waals surface area contributed by atoms with E-state index >= 15 is 0 Å². The van der Waals surface area contributed by atoms with Crippen molar-refractivity contribution >= 4 is 14.5 Å². The molecule has 6 heteroatoms. The molecular formula is C28H45NO4Si. The van der Waals surface area contributed by atoms with Gasteiger partial charge in [-0.1, -0.05) is 83.9 Å². The number of nitrogens with zero attached hydrogens (tertiary/aromatic N) is 1. The van der Waals surface area contributed by atoms with Crippen LogP contribution >= 0.6 is 0 Å². The second-order valence-electron chi connectivity index (χ2n) is 12.2. The zero-order chi connectivity index (χ0) is 25.2. The van der Waals surface area contributed by atoms with Crippen molar-refractivity contribution in [1.82, 2.24) is 0 Å². The Bertz CT molecular complexity index is 861. The summed E-state index contributed by atoms with van der Waals surface area (Å²) >= 11 is 0. The fraction of sp³-hybridized carbons (Fsp3) is 0.679. The molecule has 190 valence electrons. The minimum absolute atomic E-state index is 0.0103. The van der Waals surface area contributed by atoms with E-state index in [0.29, 0.717) is 23.7 Å². The van der Waals surface area contributed by atoms with Gasteiger partial charge in [0.15, 0.2) is 14.1 Å². The first-order chi connectivity index (χ1) is 15.8. The Labute approximate surface area is 207 Å². The summed E-state index contributed by atoms with van der Waals surface area (Å²) in [6.45, 7) is 19.6. The molecule has 0 N–H and O–H groups in total. The molecule has 1 heterocycles. The van der Waals surface area contributed by atoms with E-state index in [0.717, 1.165) is 19.3 Å². The van der Waals surface area contributed by atoms with Crippen LogP contribution in [-0.2, 0) is 19.4 Å². The molecule has 0 unspecified atom stereocenters. The van der Waals surface area contributed by atoms with Gasteiger partial charge in [-0.2, -0.15) is 0 Å². The maximum Gasteiger partial charge on any atom is 0.237 e. The first-order valence-electron chi connectivity index (χ1n) is 12.8. The third kappa shape index (κ3) is 5.95. The number of benzene rings is 1. The average Bonchev–Trinajstić information content (AvgIpc) is 2.73. The standard InChI is InChI=1S/C28H45NO4Si/c1-9-19-28(20-23(21-29(30)33-28)32-34(7,8)26(2,3)4)31-25-18-14-13-17-24(25)27(5,6)22-15-11-10-12-16-22/h9-12,15-16,21,23-25H,1,13-14,17-20H2,2-8H3/t23-,24+,25+,28+/m1/s1. The molecule has 0 aromatic heterocycles. The molecule has 1 saturated carbocycles. The van der Waals surface area contributed by atoms with E-state index in [1.165, 1.54) is 18.2 Å². The summed E-state index contributed by atoms with van der Waals surface area (Å²) in [4.78, 5) is 6.44. The minimum Gasteiger partial charge on any atom is -0.404 e. The molecule has 1 fully saturated rings. The van der Waals surface area contributed by atoms with Crippen LogP contribution in [0.2, 0.25) is 18.1 Å².